The number of fused-ring (bicyclic) bond motifs is 1. The summed E-state index contributed by atoms with van der Waals surface area (Å²) in [6.45, 7) is 3.92. The van der Waals surface area contributed by atoms with E-state index in [0.717, 1.165) is 30.9 Å². The fourth-order valence-electron chi connectivity index (χ4n) is 4.33. The van der Waals surface area contributed by atoms with Crippen molar-refractivity contribution in [1.82, 2.24) is 24.4 Å². The quantitative estimate of drug-likeness (QED) is 0.442. The third-order valence-electron chi connectivity index (χ3n) is 6.16. The Morgan fingerprint density at radius 2 is 1.68 bits per heavy atom. The second kappa shape index (κ2) is 9.52. The van der Waals surface area contributed by atoms with Crippen LogP contribution in [-0.4, -0.2) is 70.7 Å². The normalized spacial score (nSPS) is 14.4. The van der Waals surface area contributed by atoms with Gasteiger partial charge in [0.2, 0.25) is 0 Å². The molecule has 0 atom stereocenters. The molecule has 5 rings (SSSR count). The lowest BCUT2D eigenvalue weighted by Crippen LogP contribution is -2.48. The minimum atomic E-state index is -0.0666. The van der Waals surface area contributed by atoms with Crippen LogP contribution >= 0.6 is 0 Å². The fourth-order valence-corrected chi connectivity index (χ4v) is 4.33. The van der Waals surface area contributed by atoms with Gasteiger partial charge in [-0.3, -0.25) is 9.69 Å². The molecule has 0 spiro atoms. The van der Waals surface area contributed by atoms with Gasteiger partial charge in [-0.15, -0.1) is 0 Å². The van der Waals surface area contributed by atoms with E-state index in [1.54, 1.807) is 31.0 Å². The predicted octanol–water partition coefficient (Wildman–Crippen LogP) is 3.37. The second-order valence-electron chi connectivity index (χ2n) is 8.25. The Morgan fingerprint density at radius 3 is 2.41 bits per heavy atom. The van der Waals surface area contributed by atoms with Crippen molar-refractivity contribution in [1.29, 1.82) is 0 Å². The van der Waals surface area contributed by atoms with E-state index in [-0.39, 0.29) is 5.91 Å². The van der Waals surface area contributed by atoms with Crippen LogP contribution in [0.25, 0.3) is 16.9 Å². The minimum absolute atomic E-state index is 0.0666. The van der Waals surface area contributed by atoms with Gasteiger partial charge in [0.15, 0.2) is 22.8 Å². The highest BCUT2D eigenvalue weighted by molar-refractivity contribution is 5.93. The molecule has 0 N–H and O–H groups in total. The molecule has 0 radical (unpaired) electrons. The van der Waals surface area contributed by atoms with Crippen LogP contribution in [0, 0.1) is 0 Å². The smallest absolute Gasteiger partial charge is 0.274 e. The number of methoxy groups -OCH3 is 2. The summed E-state index contributed by atoms with van der Waals surface area (Å²) in [6.07, 6.45) is 1.72. The standard InChI is InChI=1S/C26H27N5O3/c1-33-23-9-8-20(16-24(23)34-2)22-10-11-27-25-17-21(28-31(22)25)26(32)30-14-12-29(13-15-30)18-19-6-4-3-5-7-19/h3-11,16-17H,12-15,18H2,1-2H3. The number of rotatable bonds is 6. The van der Waals surface area contributed by atoms with E-state index in [1.807, 2.05) is 35.2 Å². The summed E-state index contributed by atoms with van der Waals surface area (Å²) in [7, 11) is 3.21. The minimum Gasteiger partial charge on any atom is -0.493 e. The number of nitrogens with zero attached hydrogens (tertiary/aromatic N) is 5. The summed E-state index contributed by atoms with van der Waals surface area (Å²) in [4.78, 5) is 21.9. The first-order valence-electron chi connectivity index (χ1n) is 11.3. The summed E-state index contributed by atoms with van der Waals surface area (Å²) < 4.78 is 12.5. The Bertz CT molecular complexity index is 1300. The van der Waals surface area contributed by atoms with E-state index in [0.29, 0.717) is 35.9 Å². The highest BCUT2D eigenvalue weighted by atomic mass is 16.5. The largest absolute Gasteiger partial charge is 0.493 e. The molecule has 2 aromatic carbocycles. The topological polar surface area (TPSA) is 72.2 Å². The van der Waals surface area contributed by atoms with Crippen LogP contribution < -0.4 is 9.47 Å². The predicted molar refractivity (Wildman–Crippen MR) is 129 cm³/mol. The Kier molecular flexibility index (Phi) is 6.14. The van der Waals surface area contributed by atoms with Crippen molar-refractivity contribution >= 4 is 11.6 Å². The molecule has 3 heterocycles. The number of piperazine rings is 1. The van der Waals surface area contributed by atoms with Crippen LogP contribution in [-0.2, 0) is 6.54 Å². The lowest BCUT2D eigenvalue weighted by molar-refractivity contribution is 0.0622. The zero-order chi connectivity index (χ0) is 23.5. The highest BCUT2D eigenvalue weighted by Gasteiger charge is 2.24. The molecule has 174 valence electrons. The number of carbonyl (C=O) groups excluding carboxylic acids is 1. The number of carbonyl (C=O) groups is 1. The molecule has 1 aliphatic heterocycles. The van der Waals surface area contributed by atoms with E-state index in [1.165, 1.54) is 5.56 Å². The molecule has 0 aliphatic carbocycles. The van der Waals surface area contributed by atoms with Crippen LogP contribution in [0.5, 0.6) is 11.5 Å². The van der Waals surface area contributed by atoms with Crippen molar-refractivity contribution in [3.63, 3.8) is 0 Å². The molecule has 1 fully saturated rings. The van der Waals surface area contributed by atoms with E-state index in [4.69, 9.17) is 9.47 Å². The van der Waals surface area contributed by atoms with Crippen LogP contribution in [0.4, 0.5) is 0 Å². The number of benzene rings is 2. The number of amides is 1. The Balaban J connectivity index is 1.34. The maximum atomic E-state index is 13.2. The zero-order valence-corrected chi connectivity index (χ0v) is 19.3. The molecule has 0 unspecified atom stereocenters. The average Bonchev–Trinajstić information content (AvgIpc) is 3.33. The number of ether oxygens (including phenoxy) is 2. The summed E-state index contributed by atoms with van der Waals surface area (Å²) in [5.41, 5.74) is 4.02. The van der Waals surface area contributed by atoms with E-state index >= 15 is 0 Å². The number of hydrogen-bond donors (Lipinski definition) is 0. The van der Waals surface area contributed by atoms with Crippen molar-refractivity contribution in [2.45, 2.75) is 6.54 Å². The Hall–Kier alpha value is -3.91. The van der Waals surface area contributed by atoms with Gasteiger partial charge in [-0.2, -0.15) is 5.10 Å². The Morgan fingerprint density at radius 1 is 0.912 bits per heavy atom. The van der Waals surface area contributed by atoms with E-state index < -0.39 is 0 Å². The van der Waals surface area contributed by atoms with Gasteiger partial charge in [0.1, 0.15) is 0 Å². The van der Waals surface area contributed by atoms with Crippen LogP contribution in [0.15, 0.2) is 66.9 Å². The zero-order valence-electron chi connectivity index (χ0n) is 19.3. The number of hydrogen-bond acceptors (Lipinski definition) is 6. The first-order valence-corrected chi connectivity index (χ1v) is 11.3. The molecular formula is C26H27N5O3. The third kappa shape index (κ3) is 4.32. The summed E-state index contributed by atoms with van der Waals surface area (Å²) >= 11 is 0. The molecule has 4 aromatic rings. The SMILES string of the molecule is COc1ccc(-c2ccnc3cc(C(=O)N4CCN(Cc5ccccc5)CC4)nn23)cc1OC. The van der Waals surface area contributed by atoms with Crippen LogP contribution in [0.3, 0.4) is 0 Å². The first kappa shape index (κ1) is 21.9. The average molecular weight is 458 g/mol. The van der Waals surface area contributed by atoms with E-state index in [2.05, 4.69) is 39.2 Å². The first-order chi connectivity index (χ1) is 16.7. The molecule has 0 bridgehead atoms. The highest BCUT2D eigenvalue weighted by Crippen LogP contribution is 2.32. The Labute approximate surface area is 198 Å². The van der Waals surface area contributed by atoms with Gasteiger partial charge in [-0.1, -0.05) is 30.3 Å². The fraction of sp³-hybridized carbons (Fsp3) is 0.269. The second-order valence-corrected chi connectivity index (χ2v) is 8.25. The molecule has 1 amide bonds. The molecule has 8 heteroatoms. The molecule has 1 saturated heterocycles. The van der Waals surface area contributed by atoms with Crippen molar-refractivity contribution < 1.29 is 14.3 Å². The van der Waals surface area contributed by atoms with Gasteiger partial charge in [-0.25, -0.2) is 9.50 Å². The molecule has 1 aliphatic rings. The van der Waals surface area contributed by atoms with Gasteiger partial charge in [0.25, 0.3) is 5.91 Å². The maximum Gasteiger partial charge on any atom is 0.274 e. The van der Waals surface area contributed by atoms with Crippen LogP contribution in [0.2, 0.25) is 0 Å². The van der Waals surface area contributed by atoms with Gasteiger partial charge in [0.05, 0.1) is 19.9 Å². The molecular weight excluding hydrogens is 430 g/mol. The summed E-state index contributed by atoms with van der Waals surface area (Å²) in [5.74, 6) is 1.21. The van der Waals surface area contributed by atoms with Gasteiger partial charge >= 0.3 is 0 Å². The maximum absolute atomic E-state index is 13.2. The molecule has 0 saturated carbocycles. The molecule has 2 aromatic heterocycles. The molecule has 8 nitrogen and oxygen atoms in total. The van der Waals surface area contributed by atoms with Gasteiger partial charge in [0, 0.05) is 50.6 Å². The van der Waals surface area contributed by atoms with Crippen molar-refractivity contribution in [2.24, 2.45) is 0 Å². The van der Waals surface area contributed by atoms with Crippen molar-refractivity contribution in [3.05, 3.63) is 78.1 Å². The van der Waals surface area contributed by atoms with Gasteiger partial charge < -0.3 is 14.4 Å². The van der Waals surface area contributed by atoms with E-state index in [9.17, 15) is 4.79 Å². The number of aromatic nitrogens is 3. The lowest BCUT2D eigenvalue weighted by Gasteiger charge is -2.34. The van der Waals surface area contributed by atoms with Crippen molar-refractivity contribution in [2.75, 3.05) is 40.4 Å². The summed E-state index contributed by atoms with van der Waals surface area (Å²) in [5, 5.41) is 4.63. The third-order valence-corrected chi connectivity index (χ3v) is 6.16. The van der Waals surface area contributed by atoms with Crippen LogP contribution in [0.1, 0.15) is 16.1 Å². The molecule has 34 heavy (non-hydrogen) atoms. The summed E-state index contributed by atoms with van der Waals surface area (Å²) in [6, 6.07) is 19.7. The monoisotopic (exact) mass is 457 g/mol. The van der Waals surface area contributed by atoms with Gasteiger partial charge in [-0.05, 0) is 29.8 Å². The lowest BCUT2D eigenvalue weighted by atomic mass is 10.1. The van der Waals surface area contributed by atoms with Crippen molar-refractivity contribution in [3.8, 4) is 22.8 Å².